The Kier molecular flexibility index (Phi) is 6.33. The molecule has 26 heavy (non-hydrogen) atoms. The number of hydrogen-bond donors (Lipinski definition) is 2. The van der Waals surface area contributed by atoms with E-state index < -0.39 is 0 Å². The average molecular weight is 362 g/mol. The van der Waals surface area contributed by atoms with E-state index in [9.17, 15) is 9.59 Å². The van der Waals surface area contributed by atoms with Crippen molar-refractivity contribution < 1.29 is 23.8 Å². The minimum atomic E-state index is -0.0213. The van der Waals surface area contributed by atoms with Gasteiger partial charge in [-0.1, -0.05) is 6.07 Å². The van der Waals surface area contributed by atoms with Crippen LogP contribution in [0.25, 0.3) is 0 Å². The largest absolute Gasteiger partial charge is 0.454 e. The van der Waals surface area contributed by atoms with Crippen molar-refractivity contribution in [2.24, 2.45) is 11.8 Å². The maximum absolute atomic E-state index is 12.4. The molecule has 0 radical (unpaired) electrons. The fraction of sp³-hybridized carbons (Fsp3) is 0.579. The summed E-state index contributed by atoms with van der Waals surface area (Å²) in [6.07, 6.45) is 2.99. The minimum Gasteiger partial charge on any atom is -0.454 e. The second-order valence-corrected chi connectivity index (χ2v) is 6.74. The first-order valence-electron chi connectivity index (χ1n) is 9.10. The molecule has 7 heteroatoms. The van der Waals surface area contributed by atoms with Crippen molar-refractivity contribution >= 4 is 11.8 Å². The van der Waals surface area contributed by atoms with E-state index in [0.717, 1.165) is 42.7 Å². The number of benzene rings is 1. The molecule has 1 saturated carbocycles. The first-order chi connectivity index (χ1) is 12.7. The Bertz CT molecular complexity index is 641. The highest BCUT2D eigenvalue weighted by molar-refractivity contribution is 5.81. The zero-order valence-corrected chi connectivity index (χ0v) is 15.1. The summed E-state index contributed by atoms with van der Waals surface area (Å²) in [7, 11) is 1.61. The molecule has 0 atom stereocenters. The van der Waals surface area contributed by atoms with E-state index in [4.69, 9.17) is 14.2 Å². The third kappa shape index (κ3) is 4.66. The summed E-state index contributed by atoms with van der Waals surface area (Å²) >= 11 is 0. The van der Waals surface area contributed by atoms with Gasteiger partial charge in [-0.25, -0.2) is 0 Å². The number of amides is 2. The molecule has 142 valence electrons. The van der Waals surface area contributed by atoms with Crippen LogP contribution < -0.4 is 20.1 Å². The normalized spacial score (nSPS) is 21.3. The Labute approximate surface area is 153 Å². The highest BCUT2D eigenvalue weighted by Gasteiger charge is 2.29. The van der Waals surface area contributed by atoms with Gasteiger partial charge in [0.05, 0.1) is 6.61 Å². The number of ether oxygens (including phenoxy) is 3. The van der Waals surface area contributed by atoms with Gasteiger partial charge in [-0.05, 0) is 43.4 Å². The van der Waals surface area contributed by atoms with Gasteiger partial charge < -0.3 is 24.8 Å². The molecule has 1 aromatic carbocycles. The Morgan fingerprint density at radius 3 is 2.38 bits per heavy atom. The summed E-state index contributed by atoms with van der Waals surface area (Å²) in [6.45, 7) is 1.76. The molecule has 0 unspecified atom stereocenters. The molecule has 1 aliphatic carbocycles. The van der Waals surface area contributed by atoms with Crippen molar-refractivity contribution in [3.05, 3.63) is 23.8 Å². The molecule has 2 aliphatic rings. The lowest BCUT2D eigenvalue weighted by Gasteiger charge is -2.27. The molecule has 0 spiro atoms. The second-order valence-electron chi connectivity index (χ2n) is 6.74. The molecular weight excluding hydrogens is 336 g/mol. The van der Waals surface area contributed by atoms with E-state index in [1.165, 1.54) is 0 Å². The maximum Gasteiger partial charge on any atom is 0.231 e. The highest BCUT2D eigenvalue weighted by atomic mass is 16.7. The van der Waals surface area contributed by atoms with Crippen LogP contribution in [0.5, 0.6) is 11.5 Å². The molecule has 3 rings (SSSR count). The van der Waals surface area contributed by atoms with E-state index in [2.05, 4.69) is 10.6 Å². The number of hydrogen-bond acceptors (Lipinski definition) is 5. The predicted molar refractivity (Wildman–Crippen MR) is 94.7 cm³/mol. The zero-order chi connectivity index (χ0) is 18.4. The van der Waals surface area contributed by atoms with E-state index in [1.807, 2.05) is 18.2 Å². The number of carbonyl (C=O) groups is 2. The molecule has 1 aromatic rings. The van der Waals surface area contributed by atoms with Gasteiger partial charge in [0.15, 0.2) is 11.5 Å². The van der Waals surface area contributed by atoms with Crippen LogP contribution in [0.1, 0.15) is 31.2 Å². The molecule has 2 amide bonds. The van der Waals surface area contributed by atoms with Gasteiger partial charge in [0, 0.05) is 32.0 Å². The summed E-state index contributed by atoms with van der Waals surface area (Å²) in [5, 5.41) is 5.87. The van der Waals surface area contributed by atoms with Crippen LogP contribution in [0, 0.1) is 11.8 Å². The first kappa shape index (κ1) is 18.5. The fourth-order valence-electron chi connectivity index (χ4n) is 3.42. The van der Waals surface area contributed by atoms with Crippen molar-refractivity contribution in [1.29, 1.82) is 0 Å². The van der Waals surface area contributed by atoms with Gasteiger partial charge in [0.25, 0.3) is 0 Å². The SMILES string of the molecule is COCCNC(=O)C1CCC(C(=O)NCc2ccc3c(c2)OCO3)CC1. The quantitative estimate of drug-likeness (QED) is 0.720. The summed E-state index contributed by atoms with van der Waals surface area (Å²) < 4.78 is 15.6. The Morgan fingerprint density at radius 1 is 1.04 bits per heavy atom. The smallest absolute Gasteiger partial charge is 0.231 e. The van der Waals surface area contributed by atoms with Crippen LogP contribution in [0.3, 0.4) is 0 Å². The van der Waals surface area contributed by atoms with Crippen molar-refractivity contribution in [1.82, 2.24) is 10.6 Å². The molecule has 1 fully saturated rings. The molecule has 0 saturated heterocycles. The van der Waals surface area contributed by atoms with Gasteiger partial charge in [0.2, 0.25) is 18.6 Å². The van der Waals surface area contributed by atoms with Gasteiger partial charge in [-0.3, -0.25) is 9.59 Å². The summed E-state index contributed by atoms with van der Waals surface area (Å²) in [5.41, 5.74) is 0.980. The van der Waals surface area contributed by atoms with Crippen molar-refractivity contribution in [3.63, 3.8) is 0 Å². The predicted octanol–water partition coefficient (Wildman–Crippen LogP) is 1.60. The topological polar surface area (TPSA) is 85.9 Å². The van der Waals surface area contributed by atoms with Crippen molar-refractivity contribution in [2.75, 3.05) is 27.1 Å². The summed E-state index contributed by atoms with van der Waals surface area (Å²) in [4.78, 5) is 24.5. The number of carbonyl (C=O) groups excluding carboxylic acids is 2. The lowest BCUT2D eigenvalue weighted by Crippen LogP contribution is -2.38. The molecule has 7 nitrogen and oxygen atoms in total. The molecule has 1 heterocycles. The minimum absolute atomic E-state index is 0.00441. The van der Waals surface area contributed by atoms with Crippen LogP contribution in [-0.4, -0.2) is 38.9 Å². The number of rotatable bonds is 7. The molecule has 1 aliphatic heterocycles. The lowest BCUT2D eigenvalue weighted by molar-refractivity contribution is -0.130. The second kappa shape index (κ2) is 8.89. The van der Waals surface area contributed by atoms with Crippen molar-refractivity contribution in [2.45, 2.75) is 32.2 Å². The fourth-order valence-corrected chi connectivity index (χ4v) is 3.42. The Hall–Kier alpha value is -2.28. The van der Waals surface area contributed by atoms with Gasteiger partial charge >= 0.3 is 0 Å². The van der Waals surface area contributed by atoms with Crippen molar-refractivity contribution in [3.8, 4) is 11.5 Å². The van der Waals surface area contributed by atoms with Gasteiger partial charge in [-0.15, -0.1) is 0 Å². The van der Waals surface area contributed by atoms with E-state index in [1.54, 1.807) is 7.11 Å². The van der Waals surface area contributed by atoms with Crippen LogP contribution in [0.2, 0.25) is 0 Å². The number of methoxy groups -OCH3 is 1. The Morgan fingerprint density at radius 2 is 1.69 bits per heavy atom. The third-order valence-corrected chi connectivity index (χ3v) is 4.98. The molecule has 0 aromatic heterocycles. The molecule has 2 N–H and O–H groups in total. The van der Waals surface area contributed by atoms with E-state index in [0.29, 0.717) is 19.7 Å². The van der Waals surface area contributed by atoms with Crippen LogP contribution in [0.15, 0.2) is 18.2 Å². The summed E-state index contributed by atoms with van der Waals surface area (Å²) in [5.74, 6) is 1.57. The number of nitrogens with one attached hydrogen (secondary N) is 2. The zero-order valence-electron chi connectivity index (χ0n) is 15.1. The van der Waals surface area contributed by atoms with Crippen LogP contribution in [-0.2, 0) is 20.9 Å². The van der Waals surface area contributed by atoms with Crippen LogP contribution >= 0.6 is 0 Å². The monoisotopic (exact) mass is 362 g/mol. The van der Waals surface area contributed by atoms with Crippen LogP contribution in [0.4, 0.5) is 0 Å². The lowest BCUT2D eigenvalue weighted by atomic mass is 9.81. The first-order valence-corrected chi connectivity index (χ1v) is 9.10. The van der Waals surface area contributed by atoms with E-state index in [-0.39, 0.29) is 30.4 Å². The van der Waals surface area contributed by atoms with E-state index >= 15 is 0 Å². The maximum atomic E-state index is 12.4. The highest BCUT2D eigenvalue weighted by Crippen LogP contribution is 2.33. The third-order valence-electron chi connectivity index (χ3n) is 4.98. The molecule has 0 bridgehead atoms. The van der Waals surface area contributed by atoms with Gasteiger partial charge in [0.1, 0.15) is 0 Å². The number of fused-ring (bicyclic) bond motifs is 1. The Balaban J connectivity index is 1.40. The molecular formula is C19H26N2O5. The standard InChI is InChI=1S/C19H26N2O5/c1-24-9-8-20-18(22)14-3-5-15(6-4-14)19(23)21-11-13-2-7-16-17(10-13)26-12-25-16/h2,7,10,14-15H,3-6,8-9,11-12H2,1H3,(H,20,22)(H,21,23). The summed E-state index contributed by atoms with van der Waals surface area (Å²) in [6, 6.07) is 5.68. The van der Waals surface area contributed by atoms with Gasteiger partial charge in [-0.2, -0.15) is 0 Å². The average Bonchev–Trinajstić information content (AvgIpc) is 3.14.